The number of rotatable bonds is 2. The molecule has 1 aromatic carbocycles. The highest BCUT2D eigenvalue weighted by molar-refractivity contribution is 14.1. The summed E-state index contributed by atoms with van der Waals surface area (Å²) < 4.78 is 14.2. The van der Waals surface area contributed by atoms with Crippen LogP contribution in [0.2, 0.25) is 0 Å². The van der Waals surface area contributed by atoms with Gasteiger partial charge >= 0.3 is 0 Å². The maximum Gasteiger partial charge on any atom is 0.138 e. The smallest absolute Gasteiger partial charge is 0.138 e. The molecule has 1 aromatic rings. The van der Waals surface area contributed by atoms with E-state index in [1.165, 1.54) is 25.5 Å². The molecule has 2 aliphatic heterocycles. The highest BCUT2D eigenvalue weighted by Gasteiger charge is 2.31. The largest absolute Gasteiger partial charge is 0.397 e. The molecule has 3 N–H and O–H groups in total. The predicted molar refractivity (Wildman–Crippen MR) is 84.8 cm³/mol. The Balaban J connectivity index is 1.70. The van der Waals surface area contributed by atoms with Crippen LogP contribution >= 0.6 is 22.6 Å². The molecule has 2 fully saturated rings. The van der Waals surface area contributed by atoms with Crippen molar-refractivity contribution in [2.45, 2.75) is 37.8 Å². The van der Waals surface area contributed by atoms with Crippen LogP contribution < -0.4 is 11.1 Å². The van der Waals surface area contributed by atoms with Crippen LogP contribution in [-0.4, -0.2) is 30.1 Å². The van der Waals surface area contributed by atoms with Gasteiger partial charge in [-0.3, -0.25) is 0 Å². The Hall–Kier alpha value is -0.560. The summed E-state index contributed by atoms with van der Waals surface area (Å²) in [4.78, 5) is 2.58. The molecule has 0 amide bonds. The molecule has 19 heavy (non-hydrogen) atoms. The van der Waals surface area contributed by atoms with Crippen molar-refractivity contribution in [3.05, 3.63) is 21.5 Å². The van der Waals surface area contributed by atoms with Gasteiger partial charge in [-0.05, 0) is 60.9 Å². The molecule has 0 saturated carbocycles. The maximum absolute atomic E-state index is 13.6. The van der Waals surface area contributed by atoms with Gasteiger partial charge in [0.25, 0.3) is 0 Å². The Morgan fingerprint density at radius 1 is 1.32 bits per heavy atom. The van der Waals surface area contributed by atoms with Gasteiger partial charge in [0, 0.05) is 24.7 Å². The number of anilines is 2. The standard InChI is InChI=1S/C14H19FIN3/c15-11-7-14(13(17)8-12(11)16)18-9-3-5-19-4-1-2-10(19)6-9/h7-10,18H,1-6,17H2. The normalized spacial score (nSPS) is 27.3. The van der Waals surface area contributed by atoms with E-state index < -0.39 is 0 Å². The molecule has 2 atom stereocenters. The van der Waals surface area contributed by atoms with Gasteiger partial charge in [0.05, 0.1) is 14.9 Å². The average Bonchev–Trinajstić information content (AvgIpc) is 2.83. The Bertz CT molecular complexity index is 480. The molecule has 0 bridgehead atoms. The maximum atomic E-state index is 13.6. The molecule has 0 radical (unpaired) electrons. The van der Waals surface area contributed by atoms with E-state index in [1.54, 1.807) is 6.07 Å². The lowest BCUT2D eigenvalue weighted by molar-refractivity contribution is 0.188. The van der Waals surface area contributed by atoms with E-state index in [4.69, 9.17) is 5.73 Å². The van der Waals surface area contributed by atoms with Crippen molar-refractivity contribution >= 4 is 34.0 Å². The number of nitrogens with one attached hydrogen (secondary N) is 1. The number of hydrogen-bond acceptors (Lipinski definition) is 3. The molecule has 0 aliphatic carbocycles. The number of piperidine rings is 1. The van der Waals surface area contributed by atoms with E-state index in [-0.39, 0.29) is 5.82 Å². The summed E-state index contributed by atoms with van der Waals surface area (Å²) in [5.41, 5.74) is 7.35. The summed E-state index contributed by atoms with van der Waals surface area (Å²) in [5.74, 6) is -0.199. The first-order valence-electron chi connectivity index (χ1n) is 6.88. The van der Waals surface area contributed by atoms with Gasteiger partial charge in [-0.25, -0.2) is 4.39 Å². The third kappa shape index (κ3) is 2.81. The Morgan fingerprint density at radius 3 is 3.00 bits per heavy atom. The summed E-state index contributed by atoms with van der Waals surface area (Å²) in [6.45, 7) is 2.40. The fourth-order valence-electron chi connectivity index (χ4n) is 3.26. The van der Waals surface area contributed by atoms with Gasteiger partial charge in [0.15, 0.2) is 0 Å². The highest BCUT2D eigenvalue weighted by atomic mass is 127. The Kier molecular flexibility index (Phi) is 3.84. The molecule has 2 heterocycles. The zero-order valence-electron chi connectivity index (χ0n) is 10.8. The number of nitrogens with zero attached hydrogens (tertiary/aromatic N) is 1. The number of halogens is 2. The van der Waals surface area contributed by atoms with Crippen LogP contribution in [-0.2, 0) is 0 Å². The summed E-state index contributed by atoms with van der Waals surface area (Å²) in [5, 5.41) is 3.43. The van der Waals surface area contributed by atoms with Gasteiger partial charge < -0.3 is 16.0 Å². The molecule has 2 aliphatic rings. The van der Waals surface area contributed by atoms with Crippen molar-refractivity contribution in [2.75, 3.05) is 24.1 Å². The molecule has 0 spiro atoms. The van der Waals surface area contributed by atoms with Gasteiger partial charge in [-0.15, -0.1) is 0 Å². The van der Waals surface area contributed by atoms with Crippen LogP contribution in [0.4, 0.5) is 15.8 Å². The fourth-order valence-corrected chi connectivity index (χ4v) is 3.75. The lowest BCUT2D eigenvalue weighted by Crippen LogP contribution is -2.42. The fraction of sp³-hybridized carbons (Fsp3) is 0.571. The number of benzene rings is 1. The monoisotopic (exact) mass is 375 g/mol. The van der Waals surface area contributed by atoms with Gasteiger partial charge in [-0.1, -0.05) is 0 Å². The second-order valence-electron chi connectivity index (χ2n) is 5.55. The molecule has 3 rings (SSSR count). The molecular formula is C14H19FIN3. The van der Waals surface area contributed by atoms with Crippen molar-refractivity contribution in [2.24, 2.45) is 0 Å². The van der Waals surface area contributed by atoms with E-state index in [0.717, 1.165) is 25.1 Å². The molecule has 2 saturated heterocycles. The van der Waals surface area contributed by atoms with E-state index in [9.17, 15) is 4.39 Å². The molecule has 104 valence electrons. The summed E-state index contributed by atoms with van der Waals surface area (Å²) in [6.07, 6.45) is 4.88. The van der Waals surface area contributed by atoms with Crippen LogP contribution in [0.3, 0.4) is 0 Å². The second kappa shape index (κ2) is 5.44. The first-order chi connectivity index (χ1) is 9.13. The molecule has 3 nitrogen and oxygen atoms in total. The van der Waals surface area contributed by atoms with E-state index in [1.807, 2.05) is 22.6 Å². The number of hydrogen-bond donors (Lipinski definition) is 2. The average molecular weight is 375 g/mol. The number of nitrogens with two attached hydrogens (primary N) is 1. The highest BCUT2D eigenvalue weighted by Crippen LogP contribution is 2.31. The minimum absolute atomic E-state index is 0.199. The van der Waals surface area contributed by atoms with Crippen LogP contribution in [0.25, 0.3) is 0 Å². The summed E-state index contributed by atoms with van der Waals surface area (Å²) in [6, 6.07) is 4.35. The SMILES string of the molecule is Nc1cc(I)c(F)cc1NC1CCN2CCCC2C1. The van der Waals surface area contributed by atoms with Gasteiger partial charge in [-0.2, -0.15) is 0 Å². The van der Waals surface area contributed by atoms with Crippen molar-refractivity contribution in [3.63, 3.8) is 0 Å². The van der Waals surface area contributed by atoms with Crippen LogP contribution in [0.1, 0.15) is 25.7 Å². The zero-order chi connectivity index (χ0) is 13.4. The Labute approximate surface area is 126 Å². The first kappa shape index (κ1) is 13.4. The summed E-state index contributed by atoms with van der Waals surface area (Å²) in [7, 11) is 0. The quantitative estimate of drug-likeness (QED) is 0.617. The lowest BCUT2D eigenvalue weighted by Gasteiger charge is -2.35. The van der Waals surface area contributed by atoms with Crippen LogP contribution in [0, 0.1) is 9.39 Å². The number of fused-ring (bicyclic) bond motifs is 1. The second-order valence-corrected chi connectivity index (χ2v) is 6.71. The van der Waals surface area contributed by atoms with Crippen molar-refractivity contribution < 1.29 is 4.39 Å². The number of nitrogen functional groups attached to an aromatic ring is 1. The van der Waals surface area contributed by atoms with E-state index >= 15 is 0 Å². The van der Waals surface area contributed by atoms with Crippen LogP contribution in [0.15, 0.2) is 12.1 Å². The lowest BCUT2D eigenvalue weighted by atomic mass is 9.97. The third-order valence-electron chi connectivity index (χ3n) is 4.27. The minimum Gasteiger partial charge on any atom is -0.397 e. The van der Waals surface area contributed by atoms with Crippen LogP contribution in [0.5, 0.6) is 0 Å². The molecular weight excluding hydrogens is 356 g/mol. The predicted octanol–water partition coefficient (Wildman–Crippen LogP) is 3.05. The topological polar surface area (TPSA) is 41.3 Å². The third-order valence-corrected chi connectivity index (χ3v) is 5.10. The van der Waals surface area contributed by atoms with Crippen molar-refractivity contribution in [3.8, 4) is 0 Å². The summed E-state index contributed by atoms with van der Waals surface area (Å²) >= 11 is 1.97. The minimum atomic E-state index is -0.199. The Morgan fingerprint density at radius 2 is 2.16 bits per heavy atom. The zero-order valence-corrected chi connectivity index (χ0v) is 13.0. The molecule has 2 unspecified atom stereocenters. The van der Waals surface area contributed by atoms with E-state index in [2.05, 4.69) is 10.2 Å². The van der Waals surface area contributed by atoms with Crippen molar-refractivity contribution in [1.82, 2.24) is 4.90 Å². The van der Waals surface area contributed by atoms with Gasteiger partial charge in [0.2, 0.25) is 0 Å². The first-order valence-corrected chi connectivity index (χ1v) is 7.96. The molecule has 5 heteroatoms. The molecule has 0 aromatic heterocycles. The van der Waals surface area contributed by atoms with Gasteiger partial charge in [0.1, 0.15) is 5.82 Å². The van der Waals surface area contributed by atoms with Crippen molar-refractivity contribution in [1.29, 1.82) is 0 Å². The van der Waals surface area contributed by atoms with E-state index in [0.29, 0.717) is 21.3 Å².